The van der Waals surface area contributed by atoms with Crippen molar-refractivity contribution in [2.45, 2.75) is 218 Å². The van der Waals surface area contributed by atoms with Gasteiger partial charge in [0.1, 0.15) is 5.75 Å². The van der Waals surface area contributed by atoms with Crippen molar-refractivity contribution in [2.24, 2.45) is 0 Å². The molecule has 0 saturated carbocycles. The highest BCUT2D eigenvalue weighted by Gasteiger charge is 2.30. The number of thioether (sulfide) groups is 2. The standard InChI is InChI=1S/C43H76N4OS2/c1-9-13-15-17-19-21-23-25-27-29-31-49-40-45-39(46-41(47-40)50-32-30-28-26-24-22-20-18-16-14-10-2)44-35-33-36(42(5,6)11-3)38(48)37(34-35)43(7,8)12-4/h33-34,48H,9-32H2,1-8H3,(H,44,45,46,47). The summed E-state index contributed by atoms with van der Waals surface area (Å²) in [7, 11) is 0. The molecule has 5 nitrogen and oxygen atoms in total. The average Bonchev–Trinajstić information content (AvgIpc) is 3.10. The normalized spacial score (nSPS) is 12.2. The van der Waals surface area contributed by atoms with Gasteiger partial charge in [0.05, 0.1) is 0 Å². The smallest absolute Gasteiger partial charge is 0.232 e. The first-order valence-corrected chi connectivity index (χ1v) is 22.7. The quantitative estimate of drug-likeness (QED) is 0.0471. The minimum atomic E-state index is -0.161. The van der Waals surface area contributed by atoms with E-state index in [1.54, 1.807) is 23.5 Å². The molecule has 0 spiro atoms. The van der Waals surface area contributed by atoms with Crippen LogP contribution in [-0.4, -0.2) is 31.6 Å². The molecule has 0 aliphatic rings. The Morgan fingerprint density at radius 3 is 1.20 bits per heavy atom. The topological polar surface area (TPSA) is 70.9 Å². The first-order valence-electron chi connectivity index (χ1n) is 20.7. The number of benzene rings is 1. The Hall–Kier alpha value is -1.47. The molecule has 2 aromatic rings. The lowest BCUT2D eigenvalue weighted by Gasteiger charge is -2.31. The Bertz CT molecular complexity index is 1100. The van der Waals surface area contributed by atoms with Crippen LogP contribution in [-0.2, 0) is 10.8 Å². The van der Waals surface area contributed by atoms with Gasteiger partial charge < -0.3 is 10.4 Å². The van der Waals surface area contributed by atoms with Crippen molar-refractivity contribution in [3.63, 3.8) is 0 Å². The van der Waals surface area contributed by atoms with Crippen LogP contribution in [0.2, 0.25) is 0 Å². The Kier molecular flexibility index (Phi) is 22.8. The molecular weight excluding hydrogens is 653 g/mol. The van der Waals surface area contributed by atoms with Crippen LogP contribution in [0.3, 0.4) is 0 Å². The summed E-state index contributed by atoms with van der Waals surface area (Å²) in [6, 6.07) is 4.20. The number of unbranched alkanes of at least 4 members (excludes halogenated alkanes) is 18. The summed E-state index contributed by atoms with van der Waals surface area (Å²) in [5.74, 6) is 3.09. The van der Waals surface area contributed by atoms with Crippen molar-refractivity contribution >= 4 is 35.2 Å². The van der Waals surface area contributed by atoms with Gasteiger partial charge in [0.2, 0.25) is 5.95 Å². The van der Waals surface area contributed by atoms with E-state index in [4.69, 9.17) is 15.0 Å². The maximum Gasteiger partial charge on any atom is 0.232 e. The SMILES string of the molecule is CCCCCCCCCCCCSc1nc(Nc2cc(C(C)(C)CC)c(O)c(C(C)(C)CC)c2)nc(SCCCCCCCCCCCC)n1. The number of nitrogens with one attached hydrogen (secondary N) is 1. The van der Waals surface area contributed by atoms with E-state index >= 15 is 0 Å². The third-order valence-electron chi connectivity index (χ3n) is 10.6. The molecule has 0 unspecified atom stereocenters. The molecule has 0 atom stereocenters. The van der Waals surface area contributed by atoms with E-state index in [9.17, 15) is 5.11 Å². The molecule has 0 bridgehead atoms. The molecular formula is C43H76N4OS2. The van der Waals surface area contributed by atoms with Gasteiger partial charge in [-0.25, -0.2) is 0 Å². The van der Waals surface area contributed by atoms with E-state index in [1.165, 1.54) is 128 Å². The summed E-state index contributed by atoms with van der Waals surface area (Å²) in [5, 5.41) is 16.7. The van der Waals surface area contributed by atoms with Crippen LogP contribution in [0.1, 0.15) is 208 Å². The first-order chi connectivity index (χ1) is 24.1. The summed E-state index contributed by atoms with van der Waals surface area (Å²) < 4.78 is 0. The second-order valence-electron chi connectivity index (χ2n) is 15.8. The van der Waals surface area contributed by atoms with Gasteiger partial charge in [-0.2, -0.15) is 15.0 Å². The molecule has 1 heterocycles. The van der Waals surface area contributed by atoms with E-state index in [1.807, 2.05) is 0 Å². The number of hydrogen-bond donors (Lipinski definition) is 2. The largest absolute Gasteiger partial charge is 0.507 e. The number of aromatic nitrogens is 3. The van der Waals surface area contributed by atoms with Gasteiger partial charge in [-0.05, 0) is 48.6 Å². The van der Waals surface area contributed by atoms with Gasteiger partial charge in [-0.3, -0.25) is 0 Å². The summed E-state index contributed by atoms with van der Waals surface area (Å²) >= 11 is 3.53. The fourth-order valence-corrected chi connectivity index (χ4v) is 8.00. The number of phenolic OH excluding ortho intramolecular Hbond substituents is 1. The summed E-state index contributed by atoms with van der Waals surface area (Å²) in [5.41, 5.74) is 2.55. The fourth-order valence-electron chi connectivity index (χ4n) is 6.28. The van der Waals surface area contributed by atoms with Gasteiger partial charge in [0, 0.05) is 28.3 Å². The number of aromatic hydroxyl groups is 1. The summed E-state index contributed by atoms with van der Waals surface area (Å²) in [6.07, 6.45) is 28.7. The minimum Gasteiger partial charge on any atom is -0.507 e. The average molecular weight is 729 g/mol. The highest BCUT2D eigenvalue weighted by atomic mass is 32.2. The Balaban J connectivity index is 2.09. The number of nitrogens with zero attached hydrogens (tertiary/aromatic N) is 3. The fraction of sp³-hybridized carbons (Fsp3) is 0.791. The predicted molar refractivity (Wildman–Crippen MR) is 223 cm³/mol. The van der Waals surface area contributed by atoms with Crippen LogP contribution >= 0.6 is 23.5 Å². The second kappa shape index (κ2) is 25.5. The van der Waals surface area contributed by atoms with E-state index in [0.29, 0.717) is 11.7 Å². The van der Waals surface area contributed by atoms with Crippen LogP contribution in [0.5, 0.6) is 5.75 Å². The zero-order valence-electron chi connectivity index (χ0n) is 33.7. The number of rotatable bonds is 30. The van der Waals surface area contributed by atoms with Crippen molar-refractivity contribution < 1.29 is 5.11 Å². The zero-order valence-corrected chi connectivity index (χ0v) is 35.4. The molecule has 0 radical (unpaired) electrons. The van der Waals surface area contributed by atoms with Crippen LogP contribution in [0.15, 0.2) is 22.4 Å². The van der Waals surface area contributed by atoms with Gasteiger partial charge >= 0.3 is 0 Å². The Morgan fingerprint density at radius 1 is 0.520 bits per heavy atom. The second-order valence-corrected chi connectivity index (χ2v) is 17.9. The maximum absolute atomic E-state index is 11.5. The molecule has 1 aromatic heterocycles. The first kappa shape index (κ1) is 44.7. The molecule has 7 heteroatoms. The van der Waals surface area contributed by atoms with E-state index in [2.05, 4.69) is 72.8 Å². The third kappa shape index (κ3) is 17.4. The maximum atomic E-state index is 11.5. The molecule has 1 aromatic carbocycles. The van der Waals surface area contributed by atoms with Crippen molar-refractivity contribution in [2.75, 3.05) is 16.8 Å². The van der Waals surface area contributed by atoms with Gasteiger partial charge in [-0.1, -0.05) is 194 Å². The van der Waals surface area contributed by atoms with Gasteiger partial charge in [0.25, 0.3) is 0 Å². The zero-order chi connectivity index (χ0) is 36.7. The van der Waals surface area contributed by atoms with Crippen molar-refractivity contribution in [3.05, 3.63) is 23.3 Å². The van der Waals surface area contributed by atoms with Crippen LogP contribution < -0.4 is 5.32 Å². The van der Waals surface area contributed by atoms with Crippen LogP contribution in [0.4, 0.5) is 11.6 Å². The lowest BCUT2D eigenvalue weighted by molar-refractivity contribution is 0.400. The monoisotopic (exact) mass is 729 g/mol. The number of phenols is 1. The summed E-state index contributed by atoms with van der Waals surface area (Å²) in [6.45, 7) is 17.8. The lowest BCUT2D eigenvalue weighted by atomic mass is 9.75. The predicted octanol–water partition coefficient (Wildman–Crippen LogP) is 14.7. The molecule has 2 N–H and O–H groups in total. The highest BCUT2D eigenvalue weighted by Crippen LogP contribution is 2.44. The molecule has 0 amide bonds. The Morgan fingerprint density at radius 2 is 0.860 bits per heavy atom. The summed E-state index contributed by atoms with van der Waals surface area (Å²) in [4.78, 5) is 14.8. The molecule has 0 aliphatic heterocycles. The van der Waals surface area contributed by atoms with E-state index < -0.39 is 0 Å². The molecule has 286 valence electrons. The Labute approximate surface area is 317 Å². The van der Waals surface area contributed by atoms with Crippen molar-refractivity contribution in [1.29, 1.82) is 0 Å². The molecule has 0 fully saturated rings. The van der Waals surface area contributed by atoms with E-state index in [0.717, 1.165) is 51.5 Å². The molecule has 0 saturated heterocycles. The molecule has 0 aliphatic carbocycles. The van der Waals surface area contributed by atoms with Crippen LogP contribution in [0, 0.1) is 0 Å². The van der Waals surface area contributed by atoms with Gasteiger partial charge in [-0.15, -0.1) is 0 Å². The van der Waals surface area contributed by atoms with Gasteiger partial charge in [0.15, 0.2) is 10.3 Å². The lowest BCUT2D eigenvalue weighted by Crippen LogP contribution is -2.21. The number of hydrogen-bond acceptors (Lipinski definition) is 7. The van der Waals surface area contributed by atoms with Crippen molar-refractivity contribution in [1.82, 2.24) is 15.0 Å². The molecule has 2 rings (SSSR count). The number of anilines is 2. The van der Waals surface area contributed by atoms with Crippen molar-refractivity contribution in [3.8, 4) is 5.75 Å². The van der Waals surface area contributed by atoms with Crippen LogP contribution in [0.25, 0.3) is 0 Å². The highest BCUT2D eigenvalue weighted by molar-refractivity contribution is 7.99. The molecule has 50 heavy (non-hydrogen) atoms. The van der Waals surface area contributed by atoms with E-state index in [-0.39, 0.29) is 10.8 Å². The minimum absolute atomic E-state index is 0.161. The third-order valence-corrected chi connectivity index (χ3v) is 12.5.